The van der Waals surface area contributed by atoms with Crippen LogP contribution in [0.3, 0.4) is 0 Å². The molecule has 3 aromatic rings. The van der Waals surface area contributed by atoms with E-state index in [0.29, 0.717) is 35.0 Å². The number of carbonyl (C=O) groups excluding carboxylic acids is 1. The molecule has 1 atom stereocenters. The Morgan fingerprint density at radius 2 is 2.09 bits per heavy atom. The van der Waals surface area contributed by atoms with Crippen LogP contribution in [0.1, 0.15) is 47.7 Å². The third kappa shape index (κ3) is 4.39. The van der Waals surface area contributed by atoms with Crippen molar-refractivity contribution in [1.29, 1.82) is 5.26 Å². The first-order valence-corrected chi connectivity index (χ1v) is 10.5. The van der Waals surface area contributed by atoms with Crippen molar-refractivity contribution in [2.45, 2.75) is 31.8 Å². The topological polar surface area (TPSA) is 152 Å². The lowest BCUT2D eigenvalue weighted by molar-refractivity contribution is 0.0695. The molecule has 1 fully saturated rings. The smallest absolute Gasteiger partial charge is 0.270 e. The number of halogens is 1. The zero-order valence-electron chi connectivity index (χ0n) is 17.3. The molecule has 164 valence electrons. The van der Waals surface area contributed by atoms with Gasteiger partial charge in [0.05, 0.1) is 22.0 Å². The number of amides is 1. The molecule has 0 aliphatic carbocycles. The van der Waals surface area contributed by atoms with Gasteiger partial charge in [0.1, 0.15) is 35.3 Å². The van der Waals surface area contributed by atoms with Crippen molar-refractivity contribution in [3.8, 4) is 6.07 Å². The zero-order valence-corrected chi connectivity index (χ0v) is 18.1. The lowest BCUT2D eigenvalue weighted by Gasteiger charge is -2.23. The molecule has 2 aromatic heterocycles. The maximum atomic E-state index is 13.2. The van der Waals surface area contributed by atoms with E-state index in [2.05, 4.69) is 30.6 Å². The predicted octanol–water partition coefficient (Wildman–Crippen LogP) is 2.61. The minimum atomic E-state index is -0.491. The van der Waals surface area contributed by atoms with E-state index in [1.54, 1.807) is 25.1 Å². The summed E-state index contributed by atoms with van der Waals surface area (Å²) in [5, 5.41) is 16.4. The summed E-state index contributed by atoms with van der Waals surface area (Å²) >= 11 is 6.41. The minimum Gasteiger partial charge on any atom is -0.382 e. The van der Waals surface area contributed by atoms with Crippen molar-refractivity contribution in [3.05, 3.63) is 46.6 Å². The number of nitriles is 1. The van der Waals surface area contributed by atoms with Crippen LogP contribution in [0.15, 0.2) is 24.5 Å². The number of nitrogens with two attached hydrogens (primary N) is 1. The third-order valence-corrected chi connectivity index (χ3v) is 5.51. The Morgan fingerprint density at radius 1 is 1.31 bits per heavy atom. The molecule has 1 unspecified atom stereocenters. The molecule has 1 saturated heterocycles. The van der Waals surface area contributed by atoms with Crippen LogP contribution in [0.5, 0.6) is 0 Å². The number of nitrogens with zero attached hydrogens (tertiary/aromatic N) is 5. The van der Waals surface area contributed by atoms with Crippen LogP contribution in [0, 0.1) is 11.3 Å². The summed E-state index contributed by atoms with van der Waals surface area (Å²) in [6.45, 7) is 3.00. The molecule has 0 radical (unpaired) electrons. The Balaban J connectivity index is 1.70. The molecule has 1 aliphatic heterocycles. The number of rotatable bonds is 5. The summed E-state index contributed by atoms with van der Waals surface area (Å²) in [6, 6.07) is 6.73. The van der Waals surface area contributed by atoms with Crippen LogP contribution < -0.4 is 16.4 Å². The molecule has 1 aromatic carbocycles. The molecule has 0 saturated carbocycles. The first-order valence-electron chi connectivity index (χ1n) is 10.1. The summed E-state index contributed by atoms with van der Waals surface area (Å²) in [4.78, 5) is 30.2. The highest BCUT2D eigenvalue weighted by Gasteiger charge is 2.23. The van der Waals surface area contributed by atoms with E-state index in [0.717, 1.165) is 12.8 Å². The van der Waals surface area contributed by atoms with Crippen molar-refractivity contribution in [2.24, 2.45) is 0 Å². The van der Waals surface area contributed by atoms with E-state index in [1.165, 1.54) is 6.33 Å². The Labute approximate surface area is 189 Å². The van der Waals surface area contributed by atoms with E-state index < -0.39 is 6.04 Å². The van der Waals surface area contributed by atoms with Gasteiger partial charge in [0, 0.05) is 19.3 Å². The van der Waals surface area contributed by atoms with E-state index in [9.17, 15) is 10.1 Å². The van der Waals surface area contributed by atoms with Gasteiger partial charge in [-0.3, -0.25) is 4.79 Å². The number of carbonyl (C=O) groups is 1. The lowest BCUT2D eigenvalue weighted by Crippen LogP contribution is -2.39. The van der Waals surface area contributed by atoms with Gasteiger partial charge in [-0.2, -0.15) is 5.26 Å². The second-order valence-electron chi connectivity index (χ2n) is 7.38. The van der Waals surface area contributed by atoms with Crippen molar-refractivity contribution in [3.63, 3.8) is 0 Å². The largest absolute Gasteiger partial charge is 0.382 e. The van der Waals surface area contributed by atoms with Gasteiger partial charge in [0.25, 0.3) is 5.91 Å². The van der Waals surface area contributed by atoms with Crippen molar-refractivity contribution < 1.29 is 9.53 Å². The quantitative estimate of drug-likeness (QED) is 0.530. The summed E-state index contributed by atoms with van der Waals surface area (Å²) in [5.41, 5.74) is 6.63. The predicted molar refractivity (Wildman–Crippen MR) is 119 cm³/mol. The highest BCUT2D eigenvalue weighted by molar-refractivity contribution is 6.36. The fraction of sp³-hybridized carbons (Fsp3) is 0.333. The number of nitrogen functional groups attached to an aromatic ring is 1. The first kappa shape index (κ1) is 21.7. The zero-order chi connectivity index (χ0) is 22.7. The number of nitrogens with one attached hydrogen (secondary N) is 2. The van der Waals surface area contributed by atoms with Crippen molar-refractivity contribution >= 4 is 40.0 Å². The molecule has 32 heavy (non-hydrogen) atoms. The maximum absolute atomic E-state index is 13.2. The van der Waals surface area contributed by atoms with Gasteiger partial charge in [-0.25, -0.2) is 19.9 Å². The monoisotopic (exact) mass is 452 g/mol. The molecule has 0 bridgehead atoms. The highest BCUT2D eigenvalue weighted by atomic mass is 35.5. The molecular formula is C21H21ClN8O2. The molecule has 3 heterocycles. The SMILES string of the molecule is CC(Nc1ncnc(N)c1C#N)c1nc(C(=O)NC2CCOCC2)c2c(Cl)cccc2n1. The Hall–Kier alpha value is -3.55. The van der Waals surface area contributed by atoms with Gasteiger partial charge >= 0.3 is 0 Å². The van der Waals surface area contributed by atoms with Crippen LogP contribution in [-0.4, -0.2) is 45.1 Å². The molecule has 10 nitrogen and oxygen atoms in total. The Morgan fingerprint density at radius 3 is 2.84 bits per heavy atom. The van der Waals surface area contributed by atoms with Gasteiger partial charge in [-0.05, 0) is 31.9 Å². The third-order valence-electron chi connectivity index (χ3n) is 5.19. The van der Waals surface area contributed by atoms with Crippen LogP contribution >= 0.6 is 11.6 Å². The molecule has 1 aliphatic rings. The standard InChI is InChI=1S/C21H21ClN8O2/c1-11(27-20-13(9-23)18(24)25-10-26-20)19-29-15-4-2-3-14(22)16(15)17(30-19)21(31)28-12-5-7-32-8-6-12/h2-4,10-12H,5-8H2,1H3,(H,28,31)(H3,24,25,26,27). The van der Waals surface area contributed by atoms with Crippen molar-refractivity contribution in [1.82, 2.24) is 25.3 Å². The normalized spacial score (nSPS) is 15.2. The van der Waals surface area contributed by atoms with E-state index >= 15 is 0 Å². The lowest BCUT2D eigenvalue weighted by atomic mass is 10.1. The fourth-order valence-electron chi connectivity index (χ4n) is 3.50. The van der Waals surface area contributed by atoms with Crippen molar-refractivity contribution in [2.75, 3.05) is 24.3 Å². The number of hydrogen-bond donors (Lipinski definition) is 3. The van der Waals surface area contributed by atoms with Crippen LogP contribution in [0.25, 0.3) is 10.9 Å². The van der Waals surface area contributed by atoms with E-state index in [4.69, 9.17) is 22.1 Å². The van der Waals surface area contributed by atoms with Crippen LogP contribution in [0.2, 0.25) is 5.02 Å². The van der Waals surface area contributed by atoms with E-state index in [1.807, 2.05) is 6.07 Å². The van der Waals surface area contributed by atoms with Gasteiger partial charge in [-0.1, -0.05) is 17.7 Å². The number of anilines is 2. The van der Waals surface area contributed by atoms with Crippen LogP contribution in [0.4, 0.5) is 11.6 Å². The molecular weight excluding hydrogens is 432 g/mol. The maximum Gasteiger partial charge on any atom is 0.270 e. The van der Waals surface area contributed by atoms with Gasteiger partial charge in [-0.15, -0.1) is 0 Å². The minimum absolute atomic E-state index is 0.00457. The van der Waals surface area contributed by atoms with E-state index in [-0.39, 0.29) is 34.8 Å². The average Bonchev–Trinajstić information content (AvgIpc) is 2.79. The number of ether oxygens (including phenoxy) is 1. The van der Waals surface area contributed by atoms with Gasteiger partial charge in [0.15, 0.2) is 5.82 Å². The molecule has 11 heteroatoms. The summed E-state index contributed by atoms with van der Waals surface area (Å²) in [5.74, 6) is 0.350. The molecule has 4 N–H and O–H groups in total. The fourth-order valence-corrected chi connectivity index (χ4v) is 3.76. The summed E-state index contributed by atoms with van der Waals surface area (Å²) < 4.78 is 5.36. The van der Waals surface area contributed by atoms with Gasteiger partial charge < -0.3 is 21.1 Å². The first-order chi connectivity index (χ1) is 15.5. The average molecular weight is 453 g/mol. The second-order valence-corrected chi connectivity index (χ2v) is 7.79. The number of aromatic nitrogens is 4. The summed E-state index contributed by atoms with van der Waals surface area (Å²) in [6.07, 6.45) is 2.73. The van der Waals surface area contributed by atoms with Gasteiger partial charge in [0.2, 0.25) is 0 Å². The molecule has 0 spiro atoms. The number of benzene rings is 1. The van der Waals surface area contributed by atoms with Crippen LogP contribution in [-0.2, 0) is 4.74 Å². The number of fused-ring (bicyclic) bond motifs is 1. The Kier molecular flexibility index (Phi) is 6.30. The summed E-state index contributed by atoms with van der Waals surface area (Å²) in [7, 11) is 0. The second kappa shape index (κ2) is 9.30. The highest BCUT2D eigenvalue weighted by Crippen LogP contribution is 2.28. The molecule has 4 rings (SSSR count). The molecule has 1 amide bonds. The Bertz CT molecular complexity index is 1210. The number of hydrogen-bond acceptors (Lipinski definition) is 9.